The average molecular weight is 381 g/mol. The van der Waals surface area contributed by atoms with Crippen molar-refractivity contribution in [1.29, 1.82) is 0 Å². The number of rotatable bonds is 2. The number of carbonyl (C=O) groups is 1. The molecular formula is C20H20FN5O2. The third-order valence-corrected chi connectivity index (χ3v) is 5.98. The van der Waals surface area contributed by atoms with Crippen LogP contribution in [0.4, 0.5) is 10.2 Å². The van der Waals surface area contributed by atoms with Crippen LogP contribution in [0.5, 0.6) is 0 Å². The molecule has 3 aromatic rings. The zero-order valence-electron chi connectivity index (χ0n) is 15.7. The van der Waals surface area contributed by atoms with Gasteiger partial charge in [0.25, 0.3) is 5.71 Å². The van der Waals surface area contributed by atoms with E-state index in [1.54, 1.807) is 19.1 Å². The van der Waals surface area contributed by atoms with Gasteiger partial charge < -0.3 is 14.3 Å². The summed E-state index contributed by atoms with van der Waals surface area (Å²) < 4.78 is 19.1. The highest BCUT2D eigenvalue weighted by Gasteiger charge is 2.49. The summed E-state index contributed by atoms with van der Waals surface area (Å²) >= 11 is 0. The Morgan fingerprint density at radius 2 is 2.11 bits per heavy atom. The Morgan fingerprint density at radius 3 is 2.89 bits per heavy atom. The monoisotopic (exact) mass is 381 g/mol. The Balaban J connectivity index is 1.51. The highest BCUT2D eigenvalue weighted by Crippen LogP contribution is 2.46. The number of carbonyl (C=O) groups excluding carboxylic acids is 1. The first-order valence-electron chi connectivity index (χ1n) is 9.37. The second kappa shape index (κ2) is 6.25. The van der Waals surface area contributed by atoms with Gasteiger partial charge in [-0.25, -0.2) is 9.37 Å². The van der Waals surface area contributed by atoms with Crippen LogP contribution < -0.4 is 4.90 Å². The predicted molar refractivity (Wildman–Crippen MR) is 100 cm³/mol. The van der Waals surface area contributed by atoms with Gasteiger partial charge in [0, 0.05) is 38.4 Å². The van der Waals surface area contributed by atoms with Gasteiger partial charge in [0.05, 0.1) is 11.7 Å². The summed E-state index contributed by atoms with van der Waals surface area (Å²) in [6.45, 7) is 5.63. The molecule has 2 aliphatic rings. The Kier molecular flexibility index (Phi) is 3.82. The fourth-order valence-corrected chi connectivity index (χ4v) is 4.80. The van der Waals surface area contributed by atoms with Crippen LogP contribution in [0, 0.1) is 24.6 Å². The van der Waals surface area contributed by atoms with Crippen LogP contribution >= 0.6 is 0 Å². The van der Waals surface area contributed by atoms with E-state index in [0.29, 0.717) is 18.2 Å². The van der Waals surface area contributed by atoms with Gasteiger partial charge in [-0.1, -0.05) is 17.3 Å². The molecule has 28 heavy (non-hydrogen) atoms. The van der Waals surface area contributed by atoms with Crippen LogP contribution in [0.25, 0.3) is 11.1 Å². The maximum absolute atomic E-state index is 13.9. The van der Waals surface area contributed by atoms with E-state index < -0.39 is 0 Å². The molecule has 1 amide bonds. The minimum Gasteiger partial charge on any atom is -0.355 e. The topological polar surface area (TPSA) is 75.4 Å². The lowest BCUT2D eigenvalue weighted by Gasteiger charge is -2.29. The molecule has 144 valence electrons. The van der Waals surface area contributed by atoms with E-state index in [1.165, 1.54) is 12.4 Å². The largest absolute Gasteiger partial charge is 0.355 e. The lowest BCUT2D eigenvalue weighted by molar-refractivity contribution is -0.130. The molecule has 4 heterocycles. The molecule has 0 unspecified atom stereocenters. The molecule has 0 saturated carbocycles. The van der Waals surface area contributed by atoms with Crippen molar-refractivity contribution in [2.75, 3.05) is 24.5 Å². The molecule has 2 aromatic heterocycles. The predicted octanol–water partition coefficient (Wildman–Crippen LogP) is 2.72. The second-order valence-corrected chi connectivity index (χ2v) is 7.65. The molecule has 0 aliphatic carbocycles. The fraction of sp³-hybridized carbons (Fsp3) is 0.400. The zero-order valence-corrected chi connectivity index (χ0v) is 15.7. The van der Waals surface area contributed by atoms with Crippen molar-refractivity contribution in [2.24, 2.45) is 11.8 Å². The molecule has 2 fully saturated rings. The van der Waals surface area contributed by atoms with Gasteiger partial charge >= 0.3 is 0 Å². The molecule has 5 rings (SSSR count). The zero-order chi connectivity index (χ0) is 19.4. The summed E-state index contributed by atoms with van der Waals surface area (Å²) in [5, 5.41) is 4.84. The number of benzene rings is 1. The summed E-state index contributed by atoms with van der Waals surface area (Å²) in [7, 11) is 0. The van der Waals surface area contributed by atoms with Crippen molar-refractivity contribution >= 4 is 22.8 Å². The molecule has 3 atom stereocenters. The van der Waals surface area contributed by atoms with Gasteiger partial charge in [0.1, 0.15) is 23.3 Å². The normalized spacial score (nSPS) is 24.2. The number of amides is 1. The van der Waals surface area contributed by atoms with Gasteiger partial charge in [-0.15, -0.1) is 0 Å². The first-order chi connectivity index (χ1) is 13.5. The molecular weight excluding hydrogens is 361 g/mol. The summed E-state index contributed by atoms with van der Waals surface area (Å²) in [5.74, 6) is 1.05. The third kappa shape index (κ3) is 2.55. The number of anilines is 1. The first-order valence-corrected chi connectivity index (χ1v) is 9.37. The standard InChI is InChI=1S/C20H20FN5O2/c1-11-17-19(22-10-23-20(17)28-24-11)25-7-14-8-26(12(2)27)18(16(14)9-25)13-4-3-5-15(21)6-13/h3-6,10,14,16,18H,7-9H2,1-2H3/t14-,16-,18+/m1/s1. The third-order valence-electron chi connectivity index (χ3n) is 5.98. The van der Waals surface area contributed by atoms with Crippen LogP contribution in [0.2, 0.25) is 0 Å². The number of fused-ring (bicyclic) bond motifs is 2. The van der Waals surface area contributed by atoms with Crippen molar-refractivity contribution < 1.29 is 13.7 Å². The maximum Gasteiger partial charge on any atom is 0.263 e. The van der Waals surface area contributed by atoms with Crippen molar-refractivity contribution in [3.05, 3.63) is 47.7 Å². The van der Waals surface area contributed by atoms with E-state index >= 15 is 0 Å². The quantitative estimate of drug-likeness (QED) is 0.679. The van der Waals surface area contributed by atoms with Gasteiger partial charge in [0.15, 0.2) is 0 Å². The molecule has 7 nitrogen and oxygen atoms in total. The Labute approximate surface area is 161 Å². The smallest absolute Gasteiger partial charge is 0.263 e. The van der Waals surface area contributed by atoms with E-state index in [9.17, 15) is 9.18 Å². The number of halogens is 1. The molecule has 0 N–H and O–H groups in total. The van der Waals surface area contributed by atoms with E-state index in [-0.39, 0.29) is 23.7 Å². The fourth-order valence-electron chi connectivity index (χ4n) is 4.80. The molecule has 2 saturated heterocycles. The highest BCUT2D eigenvalue weighted by atomic mass is 19.1. The summed E-state index contributed by atoms with van der Waals surface area (Å²) in [4.78, 5) is 25.0. The number of aryl methyl sites for hydroxylation is 1. The lowest BCUT2D eigenvalue weighted by atomic mass is 9.89. The van der Waals surface area contributed by atoms with E-state index in [1.807, 2.05) is 17.9 Å². The van der Waals surface area contributed by atoms with Gasteiger partial charge in [-0.05, 0) is 24.6 Å². The van der Waals surface area contributed by atoms with Crippen molar-refractivity contribution in [1.82, 2.24) is 20.0 Å². The van der Waals surface area contributed by atoms with Crippen LogP contribution in [-0.4, -0.2) is 45.6 Å². The van der Waals surface area contributed by atoms with Crippen LogP contribution in [0.15, 0.2) is 35.1 Å². The molecule has 2 aliphatic heterocycles. The Bertz CT molecular complexity index is 1070. The molecule has 0 radical (unpaired) electrons. The van der Waals surface area contributed by atoms with Crippen molar-refractivity contribution in [3.8, 4) is 0 Å². The van der Waals surface area contributed by atoms with Crippen LogP contribution in [-0.2, 0) is 4.79 Å². The summed E-state index contributed by atoms with van der Waals surface area (Å²) in [6.07, 6.45) is 1.49. The first kappa shape index (κ1) is 17.1. The minimum absolute atomic E-state index is 0.0227. The maximum atomic E-state index is 13.9. The molecule has 1 aromatic carbocycles. The van der Waals surface area contributed by atoms with E-state index in [2.05, 4.69) is 20.0 Å². The minimum atomic E-state index is -0.281. The van der Waals surface area contributed by atoms with Crippen molar-refractivity contribution in [3.63, 3.8) is 0 Å². The highest BCUT2D eigenvalue weighted by molar-refractivity contribution is 5.88. The number of hydrogen-bond donors (Lipinski definition) is 0. The van der Waals surface area contributed by atoms with E-state index in [0.717, 1.165) is 35.6 Å². The van der Waals surface area contributed by atoms with Gasteiger partial charge in [-0.2, -0.15) is 4.98 Å². The Hall–Kier alpha value is -3.03. The number of aromatic nitrogens is 3. The van der Waals surface area contributed by atoms with Crippen molar-refractivity contribution in [2.45, 2.75) is 19.9 Å². The molecule has 8 heteroatoms. The van der Waals surface area contributed by atoms with E-state index in [4.69, 9.17) is 4.52 Å². The Morgan fingerprint density at radius 1 is 1.25 bits per heavy atom. The number of nitrogens with zero attached hydrogens (tertiary/aromatic N) is 5. The van der Waals surface area contributed by atoms with Gasteiger partial charge in [-0.3, -0.25) is 4.79 Å². The number of hydrogen-bond acceptors (Lipinski definition) is 6. The SMILES string of the molecule is CC(=O)N1C[C@H]2CN(c3ncnc4onc(C)c34)C[C@H]2[C@@H]1c1cccc(F)c1. The molecule has 0 bridgehead atoms. The molecule has 0 spiro atoms. The average Bonchev–Trinajstić information content (AvgIpc) is 3.34. The van der Waals surface area contributed by atoms with Crippen LogP contribution in [0.3, 0.4) is 0 Å². The van der Waals surface area contributed by atoms with Gasteiger partial charge in [0.2, 0.25) is 5.91 Å². The second-order valence-electron chi connectivity index (χ2n) is 7.65. The lowest BCUT2D eigenvalue weighted by Crippen LogP contribution is -2.34. The summed E-state index contributed by atoms with van der Waals surface area (Å²) in [6, 6.07) is 6.45. The van der Waals surface area contributed by atoms with Crippen LogP contribution in [0.1, 0.15) is 24.2 Å². The summed E-state index contributed by atoms with van der Waals surface area (Å²) in [5.41, 5.74) is 2.08. The number of likely N-dealkylation sites (tertiary alicyclic amines) is 1.